The molecule has 0 fully saturated rings. The molecule has 3 aromatic rings. The number of ether oxygens (including phenoxy) is 3. The second-order valence-electron chi connectivity index (χ2n) is 5.04. The van der Waals surface area contributed by atoms with Gasteiger partial charge in [0.1, 0.15) is 6.26 Å². The Balaban J connectivity index is 1.94. The zero-order valence-corrected chi connectivity index (χ0v) is 12.2. The molecule has 116 valence electrons. The van der Waals surface area contributed by atoms with Gasteiger partial charge in [-0.2, -0.15) is 0 Å². The molecule has 2 heterocycles. The maximum atomic E-state index is 12.7. The molecule has 0 radical (unpaired) electrons. The molecule has 0 bridgehead atoms. The number of fused-ring (bicyclic) bond motifs is 2. The molecule has 23 heavy (non-hydrogen) atoms. The third-order valence-corrected chi connectivity index (χ3v) is 3.76. The van der Waals surface area contributed by atoms with Gasteiger partial charge < -0.3 is 23.7 Å². The van der Waals surface area contributed by atoms with E-state index >= 15 is 0 Å². The van der Waals surface area contributed by atoms with E-state index in [1.807, 2.05) is 0 Å². The highest BCUT2D eigenvalue weighted by Gasteiger charge is 2.18. The Bertz CT molecular complexity index is 973. The smallest absolute Gasteiger partial charge is 0.231 e. The van der Waals surface area contributed by atoms with Crippen molar-refractivity contribution in [1.82, 2.24) is 0 Å². The van der Waals surface area contributed by atoms with E-state index in [0.29, 0.717) is 28.0 Å². The third-order valence-electron chi connectivity index (χ3n) is 3.76. The zero-order valence-electron chi connectivity index (χ0n) is 12.2. The highest BCUT2D eigenvalue weighted by atomic mass is 16.7. The average molecular weight is 312 g/mol. The van der Waals surface area contributed by atoms with Crippen LogP contribution in [0.1, 0.15) is 0 Å². The van der Waals surface area contributed by atoms with Gasteiger partial charge >= 0.3 is 0 Å². The number of hydrogen-bond acceptors (Lipinski definition) is 6. The minimum atomic E-state index is -0.219. The molecule has 1 N–H and O–H groups in total. The summed E-state index contributed by atoms with van der Waals surface area (Å²) in [6.07, 6.45) is 1.35. The molecule has 0 saturated heterocycles. The van der Waals surface area contributed by atoms with E-state index in [0.717, 1.165) is 0 Å². The second-order valence-corrected chi connectivity index (χ2v) is 5.04. The second kappa shape index (κ2) is 4.95. The van der Waals surface area contributed by atoms with E-state index in [1.165, 1.54) is 25.5 Å². The molecule has 0 amide bonds. The molecule has 2 aromatic carbocycles. The van der Waals surface area contributed by atoms with Crippen molar-refractivity contribution in [3.63, 3.8) is 0 Å². The van der Waals surface area contributed by atoms with Gasteiger partial charge in [0.05, 0.1) is 18.1 Å². The van der Waals surface area contributed by atoms with Gasteiger partial charge in [-0.25, -0.2) is 0 Å². The van der Waals surface area contributed by atoms with Crippen molar-refractivity contribution in [1.29, 1.82) is 0 Å². The van der Waals surface area contributed by atoms with Gasteiger partial charge in [-0.15, -0.1) is 0 Å². The summed E-state index contributed by atoms with van der Waals surface area (Å²) >= 11 is 0. The summed E-state index contributed by atoms with van der Waals surface area (Å²) in [5, 5.41) is 10.1. The van der Waals surface area contributed by atoms with Crippen molar-refractivity contribution in [2.24, 2.45) is 0 Å². The third kappa shape index (κ3) is 1.99. The van der Waals surface area contributed by atoms with Crippen LogP contribution in [0.5, 0.6) is 23.0 Å². The van der Waals surface area contributed by atoms with E-state index in [2.05, 4.69) is 0 Å². The molecule has 6 heteroatoms. The predicted molar refractivity (Wildman–Crippen MR) is 82.3 cm³/mol. The van der Waals surface area contributed by atoms with Crippen LogP contribution in [-0.2, 0) is 0 Å². The first-order chi connectivity index (χ1) is 11.2. The number of benzene rings is 2. The van der Waals surface area contributed by atoms with Gasteiger partial charge in [0.15, 0.2) is 22.8 Å². The molecular weight excluding hydrogens is 300 g/mol. The predicted octanol–water partition coefficient (Wildman–Crippen LogP) is 2.90. The summed E-state index contributed by atoms with van der Waals surface area (Å²) < 4.78 is 21.2. The van der Waals surface area contributed by atoms with E-state index in [-0.39, 0.29) is 29.3 Å². The average Bonchev–Trinajstić information content (AvgIpc) is 3.02. The first-order valence-corrected chi connectivity index (χ1v) is 6.90. The van der Waals surface area contributed by atoms with Crippen LogP contribution in [-0.4, -0.2) is 19.0 Å². The summed E-state index contributed by atoms with van der Waals surface area (Å²) in [5.74, 6) is 1.28. The highest BCUT2D eigenvalue weighted by Crippen LogP contribution is 2.37. The fraction of sp³-hybridized carbons (Fsp3) is 0.118. The largest absolute Gasteiger partial charge is 0.504 e. The van der Waals surface area contributed by atoms with Gasteiger partial charge in [-0.3, -0.25) is 4.79 Å². The number of phenols is 1. The van der Waals surface area contributed by atoms with Crippen molar-refractivity contribution in [3.05, 3.63) is 46.8 Å². The van der Waals surface area contributed by atoms with E-state index < -0.39 is 0 Å². The van der Waals surface area contributed by atoms with Crippen LogP contribution in [0.25, 0.3) is 22.1 Å². The van der Waals surface area contributed by atoms with Crippen molar-refractivity contribution < 1.29 is 23.7 Å². The number of phenolic OH excluding ortho intramolecular Hbond substituents is 1. The summed E-state index contributed by atoms with van der Waals surface area (Å²) in [5.41, 5.74) is 1.05. The standard InChI is InChI=1S/C17H12O6/c1-20-17-12(18)4-3-10-15(19)11(7-21-16(10)17)9-2-5-13-14(6-9)23-8-22-13/h2-7,18H,8H2,1H3. The summed E-state index contributed by atoms with van der Waals surface area (Å²) in [4.78, 5) is 12.7. The molecule has 1 aromatic heterocycles. The van der Waals surface area contributed by atoms with Gasteiger partial charge in [-0.1, -0.05) is 6.07 Å². The van der Waals surface area contributed by atoms with E-state index in [4.69, 9.17) is 18.6 Å². The molecule has 0 spiro atoms. The minimum absolute atomic E-state index is 0.0843. The summed E-state index contributed by atoms with van der Waals surface area (Å²) in [6, 6.07) is 8.16. The van der Waals surface area contributed by atoms with Crippen LogP contribution in [0, 0.1) is 0 Å². The van der Waals surface area contributed by atoms with Gasteiger partial charge in [0, 0.05) is 0 Å². The molecule has 0 saturated carbocycles. The topological polar surface area (TPSA) is 78.1 Å². The van der Waals surface area contributed by atoms with Crippen LogP contribution < -0.4 is 19.6 Å². The lowest BCUT2D eigenvalue weighted by atomic mass is 10.0. The van der Waals surface area contributed by atoms with Crippen molar-refractivity contribution >= 4 is 11.0 Å². The van der Waals surface area contributed by atoms with Crippen LogP contribution in [0.4, 0.5) is 0 Å². The number of hydrogen-bond donors (Lipinski definition) is 1. The Morgan fingerprint density at radius 2 is 1.96 bits per heavy atom. The van der Waals surface area contributed by atoms with Crippen LogP contribution in [0.15, 0.2) is 45.8 Å². The Morgan fingerprint density at radius 3 is 2.78 bits per heavy atom. The van der Waals surface area contributed by atoms with E-state index in [1.54, 1.807) is 18.2 Å². The molecule has 4 rings (SSSR count). The Kier molecular flexibility index (Phi) is 2.90. The lowest BCUT2D eigenvalue weighted by Crippen LogP contribution is -2.05. The minimum Gasteiger partial charge on any atom is -0.504 e. The maximum Gasteiger partial charge on any atom is 0.231 e. The van der Waals surface area contributed by atoms with Gasteiger partial charge in [-0.05, 0) is 29.8 Å². The lowest BCUT2D eigenvalue weighted by molar-refractivity contribution is 0.174. The van der Waals surface area contributed by atoms with Crippen LogP contribution >= 0.6 is 0 Å². The molecule has 0 atom stereocenters. The number of methoxy groups -OCH3 is 1. The van der Waals surface area contributed by atoms with Crippen LogP contribution in [0.3, 0.4) is 0 Å². The van der Waals surface area contributed by atoms with Crippen LogP contribution in [0.2, 0.25) is 0 Å². The number of rotatable bonds is 2. The molecule has 0 unspecified atom stereocenters. The fourth-order valence-corrected chi connectivity index (χ4v) is 2.63. The molecule has 1 aliphatic rings. The van der Waals surface area contributed by atoms with E-state index in [9.17, 15) is 9.90 Å². The Morgan fingerprint density at radius 1 is 1.13 bits per heavy atom. The molecule has 0 aliphatic carbocycles. The first-order valence-electron chi connectivity index (χ1n) is 6.90. The fourth-order valence-electron chi connectivity index (χ4n) is 2.63. The van der Waals surface area contributed by atoms with Crippen molar-refractivity contribution in [2.75, 3.05) is 13.9 Å². The normalized spacial score (nSPS) is 12.6. The monoisotopic (exact) mass is 312 g/mol. The zero-order chi connectivity index (χ0) is 16.0. The van der Waals surface area contributed by atoms with Crippen molar-refractivity contribution in [3.8, 4) is 34.1 Å². The highest BCUT2D eigenvalue weighted by molar-refractivity contribution is 5.88. The van der Waals surface area contributed by atoms with Crippen molar-refractivity contribution in [2.45, 2.75) is 0 Å². The van der Waals surface area contributed by atoms with Gasteiger partial charge in [0.25, 0.3) is 0 Å². The van der Waals surface area contributed by atoms with Gasteiger partial charge in [0.2, 0.25) is 18.0 Å². The molecular formula is C17H12O6. The summed E-state index contributed by atoms with van der Waals surface area (Å²) in [7, 11) is 1.40. The maximum absolute atomic E-state index is 12.7. The quantitative estimate of drug-likeness (QED) is 0.784. The lowest BCUT2D eigenvalue weighted by Gasteiger charge is -2.08. The summed E-state index contributed by atoms with van der Waals surface area (Å²) in [6.45, 7) is 0.168. The first kappa shape index (κ1) is 13.5. The Hall–Kier alpha value is -3.15. The molecule has 6 nitrogen and oxygen atoms in total. The number of aromatic hydroxyl groups is 1. The SMILES string of the molecule is COc1c(O)ccc2c(=O)c(-c3ccc4c(c3)OCO4)coc12. The Labute approximate surface area is 130 Å². The molecule has 1 aliphatic heterocycles.